The van der Waals surface area contributed by atoms with Crippen LogP contribution in [0.1, 0.15) is 25.3 Å². The standard InChI is InChI=1S/C18H29NO4/c1-14-5-4-8-19(10-14)11-16(20)13-23-12-15-6-7-17(21-2)18(9-15)22-3/h6-7,9,14,16,20H,4-5,8,10-13H2,1-3H3. The highest BCUT2D eigenvalue weighted by molar-refractivity contribution is 5.42. The minimum atomic E-state index is -0.444. The summed E-state index contributed by atoms with van der Waals surface area (Å²) in [5, 5.41) is 10.1. The number of rotatable bonds is 8. The minimum absolute atomic E-state index is 0.346. The first-order valence-electron chi connectivity index (χ1n) is 8.31. The second-order valence-electron chi connectivity index (χ2n) is 6.37. The summed E-state index contributed by atoms with van der Waals surface area (Å²) in [5.41, 5.74) is 1.00. The Labute approximate surface area is 139 Å². The van der Waals surface area contributed by atoms with Crippen molar-refractivity contribution in [2.75, 3.05) is 40.5 Å². The molecular formula is C18H29NO4. The van der Waals surface area contributed by atoms with E-state index in [2.05, 4.69) is 11.8 Å². The van der Waals surface area contributed by atoms with Crippen molar-refractivity contribution in [2.24, 2.45) is 5.92 Å². The Balaban J connectivity index is 1.73. The van der Waals surface area contributed by atoms with E-state index in [9.17, 15) is 5.11 Å². The molecule has 2 rings (SSSR count). The molecule has 1 aliphatic heterocycles. The third kappa shape index (κ3) is 5.68. The van der Waals surface area contributed by atoms with Crippen molar-refractivity contribution in [3.63, 3.8) is 0 Å². The predicted molar refractivity (Wildman–Crippen MR) is 90.0 cm³/mol. The predicted octanol–water partition coefficient (Wildman–Crippen LogP) is 2.31. The SMILES string of the molecule is COc1ccc(COCC(O)CN2CCCC(C)C2)cc1OC. The van der Waals surface area contributed by atoms with Crippen LogP contribution in [0.15, 0.2) is 18.2 Å². The maximum Gasteiger partial charge on any atom is 0.161 e. The van der Waals surface area contributed by atoms with Crippen LogP contribution in [0.2, 0.25) is 0 Å². The summed E-state index contributed by atoms with van der Waals surface area (Å²) >= 11 is 0. The molecule has 0 aromatic heterocycles. The van der Waals surface area contributed by atoms with E-state index in [0.29, 0.717) is 31.3 Å². The number of hydrogen-bond donors (Lipinski definition) is 1. The Morgan fingerprint density at radius 2 is 2.04 bits per heavy atom. The van der Waals surface area contributed by atoms with Gasteiger partial charge in [0.15, 0.2) is 11.5 Å². The molecule has 0 aliphatic carbocycles. The lowest BCUT2D eigenvalue weighted by Crippen LogP contribution is -2.40. The van der Waals surface area contributed by atoms with Crippen molar-refractivity contribution in [2.45, 2.75) is 32.5 Å². The first-order valence-corrected chi connectivity index (χ1v) is 8.31. The lowest BCUT2D eigenvalue weighted by Gasteiger charge is -2.32. The molecule has 0 bridgehead atoms. The van der Waals surface area contributed by atoms with Crippen LogP contribution in [0.25, 0.3) is 0 Å². The molecule has 1 aliphatic rings. The van der Waals surface area contributed by atoms with Gasteiger partial charge in [0.2, 0.25) is 0 Å². The van der Waals surface area contributed by atoms with Crippen molar-refractivity contribution >= 4 is 0 Å². The number of piperidine rings is 1. The molecule has 5 heteroatoms. The zero-order valence-corrected chi connectivity index (χ0v) is 14.5. The monoisotopic (exact) mass is 323 g/mol. The number of nitrogens with zero attached hydrogens (tertiary/aromatic N) is 1. The highest BCUT2D eigenvalue weighted by atomic mass is 16.5. The normalized spacial score (nSPS) is 20.3. The summed E-state index contributed by atoms with van der Waals surface area (Å²) in [7, 11) is 3.23. The number of ether oxygens (including phenoxy) is 3. The molecule has 0 spiro atoms. The molecule has 2 unspecified atom stereocenters. The van der Waals surface area contributed by atoms with E-state index in [4.69, 9.17) is 14.2 Å². The number of β-amino-alcohol motifs (C(OH)–C–C–N with tert-alkyl or cyclic N) is 1. The van der Waals surface area contributed by atoms with E-state index in [-0.39, 0.29) is 0 Å². The minimum Gasteiger partial charge on any atom is -0.493 e. The fourth-order valence-electron chi connectivity index (χ4n) is 3.09. The highest BCUT2D eigenvalue weighted by Crippen LogP contribution is 2.27. The van der Waals surface area contributed by atoms with Gasteiger partial charge in [0.1, 0.15) is 0 Å². The number of methoxy groups -OCH3 is 2. The van der Waals surface area contributed by atoms with Crippen LogP contribution >= 0.6 is 0 Å². The molecule has 1 N–H and O–H groups in total. The molecule has 2 atom stereocenters. The van der Waals surface area contributed by atoms with Gasteiger partial charge in [-0.15, -0.1) is 0 Å². The van der Waals surface area contributed by atoms with Gasteiger partial charge in [0, 0.05) is 13.1 Å². The van der Waals surface area contributed by atoms with Crippen molar-refractivity contribution in [1.29, 1.82) is 0 Å². The van der Waals surface area contributed by atoms with Crippen LogP contribution in [0.5, 0.6) is 11.5 Å². The van der Waals surface area contributed by atoms with Crippen LogP contribution in [-0.2, 0) is 11.3 Å². The zero-order chi connectivity index (χ0) is 16.7. The fourth-order valence-corrected chi connectivity index (χ4v) is 3.09. The van der Waals surface area contributed by atoms with Gasteiger partial charge in [-0.3, -0.25) is 0 Å². The van der Waals surface area contributed by atoms with E-state index >= 15 is 0 Å². The summed E-state index contributed by atoms with van der Waals surface area (Å²) in [6, 6.07) is 5.71. The van der Waals surface area contributed by atoms with Gasteiger partial charge >= 0.3 is 0 Å². The maximum absolute atomic E-state index is 10.1. The molecule has 130 valence electrons. The summed E-state index contributed by atoms with van der Waals surface area (Å²) in [6.45, 7) is 5.92. The van der Waals surface area contributed by atoms with E-state index in [1.807, 2.05) is 18.2 Å². The molecule has 5 nitrogen and oxygen atoms in total. The molecule has 1 aromatic rings. The molecule has 0 radical (unpaired) electrons. The van der Waals surface area contributed by atoms with Gasteiger partial charge in [-0.1, -0.05) is 13.0 Å². The largest absolute Gasteiger partial charge is 0.493 e. The van der Waals surface area contributed by atoms with Crippen molar-refractivity contribution in [3.05, 3.63) is 23.8 Å². The smallest absolute Gasteiger partial charge is 0.161 e. The third-order valence-corrected chi connectivity index (χ3v) is 4.24. The second-order valence-corrected chi connectivity index (χ2v) is 6.37. The van der Waals surface area contributed by atoms with E-state index in [1.54, 1.807) is 14.2 Å². The van der Waals surface area contributed by atoms with Gasteiger partial charge in [0.25, 0.3) is 0 Å². The Kier molecular flexibility index (Phi) is 7.15. The van der Waals surface area contributed by atoms with Crippen LogP contribution < -0.4 is 9.47 Å². The molecule has 1 fully saturated rings. The number of aliphatic hydroxyl groups is 1. The molecule has 23 heavy (non-hydrogen) atoms. The fraction of sp³-hybridized carbons (Fsp3) is 0.667. The lowest BCUT2D eigenvalue weighted by atomic mass is 10.0. The third-order valence-electron chi connectivity index (χ3n) is 4.24. The topological polar surface area (TPSA) is 51.2 Å². The van der Waals surface area contributed by atoms with Crippen LogP contribution in [0.3, 0.4) is 0 Å². The van der Waals surface area contributed by atoms with Crippen LogP contribution in [0.4, 0.5) is 0 Å². The van der Waals surface area contributed by atoms with E-state index in [1.165, 1.54) is 12.8 Å². The Hall–Kier alpha value is -1.30. The molecule has 1 heterocycles. The van der Waals surface area contributed by atoms with Crippen molar-refractivity contribution in [1.82, 2.24) is 4.90 Å². The zero-order valence-electron chi connectivity index (χ0n) is 14.5. The lowest BCUT2D eigenvalue weighted by molar-refractivity contribution is 0.00373. The number of likely N-dealkylation sites (tertiary alicyclic amines) is 1. The van der Waals surface area contributed by atoms with Gasteiger partial charge in [-0.25, -0.2) is 0 Å². The van der Waals surface area contributed by atoms with Gasteiger partial charge in [0.05, 0.1) is 33.5 Å². The first-order chi connectivity index (χ1) is 11.1. The van der Waals surface area contributed by atoms with Gasteiger partial charge in [-0.05, 0) is 43.0 Å². The first kappa shape index (κ1) is 18.0. The summed E-state index contributed by atoms with van der Waals surface area (Å²) in [6.07, 6.45) is 2.07. The van der Waals surface area contributed by atoms with Crippen molar-refractivity contribution in [3.8, 4) is 11.5 Å². The number of aliphatic hydroxyl groups excluding tert-OH is 1. The summed E-state index contributed by atoms with van der Waals surface area (Å²) < 4.78 is 16.1. The highest BCUT2D eigenvalue weighted by Gasteiger charge is 2.18. The molecule has 1 aromatic carbocycles. The average Bonchev–Trinajstić information content (AvgIpc) is 2.54. The van der Waals surface area contributed by atoms with Crippen LogP contribution in [-0.4, -0.2) is 56.6 Å². The molecule has 1 saturated heterocycles. The molecule has 0 saturated carbocycles. The van der Waals surface area contributed by atoms with Gasteiger partial charge < -0.3 is 24.2 Å². The second kappa shape index (κ2) is 9.11. The van der Waals surface area contributed by atoms with E-state index in [0.717, 1.165) is 24.6 Å². The Morgan fingerprint density at radius 3 is 2.74 bits per heavy atom. The van der Waals surface area contributed by atoms with Gasteiger partial charge in [-0.2, -0.15) is 0 Å². The quantitative estimate of drug-likeness (QED) is 0.796. The Morgan fingerprint density at radius 1 is 1.26 bits per heavy atom. The van der Waals surface area contributed by atoms with E-state index < -0.39 is 6.10 Å². The molecular weight excluding hydrogens is 294 g/mol. The average molecular weight is 323 g/mol. The maximum atomic E-state index is 10.1. The summed E-state index contributed by atoms with van der Waals surface area (Å²) in [5.74, 6) is 2.12. The van der Waals surface area contributed by atoms with Crippen LogP contribution in [0, 0.1) is 5.92 Å². The molecule has 0 amide bonds. The number of hydrogen-bond acceptors (Lipinski definition) is 5. The number of benzene rings is 1. The Bertz CT molecular complexity index is 480. The van der Waals surface area contributed by atoms with Crippen molar-refractivity contribution < 1.29 is 19.3 Å². The summed E-state index contributed by atoms with van der Waals surface area (Å²) in [4.78, 5) is 2.33.